The van der Waals surface area contributed by atoms with Crippen LogP contribution in [0.25, 0.3) is 10.8 Å². The van der Waals surface area contributed by atoms with Gasteiger partial charge in [-0.3, -0.25) is 0 Å². The molecule has 0 unspecified atom stereocenters. The van der Waals surface area contributed by atoms with Crippen molar-refractivity contribution in [2.75, 3.05) is 13.2 Å². The third-order valence-electron chi connectivity index (χ3n) is 3.30. The normalized spacial score (nSPS) is 19.1. The monoisotopic (exact) mass is 240 g/mol. The standard InChI is InChI=1S/C15H17BO2/c1-15(2)10-17-16(18-11-15)14-8-7-12-5-3-4-6-13(12)9-14/h3-9H,10-11H2,1-2H3. The van der Waals surface area contributed by atoms with Crippen LogP contribution in [0.5, 0.6) is 0 Å². The van der Waals surface area contributed by atoms with E-state index in [0.29, 0.717) is 0 Å². The Bertz CT molecular complexity index is 555. The van der Waals surface area contributed by atoms with E-state index < -0.39 is 0 Å². The van der Waals surface area contributed by atoms with Crippen LogP contribution in [-0.2, 0) is 9.31 Å². The van der Waals surface area contributed by atoms with E-state index in [-0.39, 0.29) is 12.5 Å². The van der Waals surface area contributed by atoms with Gasteiger partial charge in [0.25, 0.3) is 0 Å². The number of fused-ring (bicyclic) bond motifs is 1. The molecule has 92 valence electrons. The SMILES string of the molecule is CC1(C)COB(c2ccc3ccccc3c2)OC1. The van der Waals surface area contributed by atoms with Gasteiger partial charge >= 0.3 is 7.12 Å². The van der Waals surface area contributed by atoms with Gasteiger partial charge in [0.05, 0.1) is 0 Å². The molecule has 18 heavy (non-hydrogen) atoms. The summed E-state index contributed by atoms with van der Waals surface area (Å²) in [7, 11) is -0.220. The van der Waals surface area contributed by atoms with Crippen molar-refractivity contribution in [2.45, 2.75) is 13.8 Å². The van der Waals surface area contributed by atoms with Crippen LogP contribution in [0.2, 0.25) is 0 Å². The maximum atomic E-state index is 5.81. The minimum Gasteiger partial charge on any atom is -0.407 e. The van der Waals surface area contributed by atoms with E-state index in [1.54, 1.807) is 0 Å². The number of rotatable bonds is 1. The van der Waals surface area contributed by atoms with Gasteiger partial charge in [-0.15, -0.1) is 0 Å². The fraction of sp³-hybridized carbons (Fsp3) is 0.333. The summed E-state index contributed by atoms with van der Waals surface area (Å²) in [5.74, 6) is 0. The summed E-state index contributed by atoms with van der Waals surface area (Å²) in [6.07, 6.45) is 0. The van der Waals surface area contributed by atoms with Crippen molar-refractivity contribution in [1.29, 1.82) is 0 Å². The van der Waals surface area contributed by atoms with Crippen LogP contribution in [0, 0.1) is 5.41 Å². The molecule has 0 aliphatic carbocycles. The van der Waals surface area contributed by atoms with Crippen LogP contribution in [0.1, 0.15) is 13.8 Å². The lowest BCUT2D eigenvalue weighted by atomic mass is 9.75. The molecule has 3 heteroatoms. The molecule has 3 rings (SSSR count). The molecule has 1 heterocycles. The van der Waals surface area contributed by atoms with Crippen molar-refractivity contribution < 1.29 is 9.31 Å². The first-order valence-electron chi connectivity index (χ1n) is 6.36. The topological polar surface area (TPSA) is 18.5 Å². The van der Waals surface area contributed by atoms with Gasteiger partial charge in [-0.05, 0) is 16.2 Å². The first-order valence-corrected chi connectivity index (χ1v) is 6.36. The molecular formula is C15H17BO2. The van der Waals surface area contributed by atoms with Gasteiger partial charge < -0.3 is 9.31 Å². The summed E-state index contributed by atoms with van der Waals surface area (Å²) in [4.78, 5) is 0. The second-order valence-corrected chi connectivity index (χ2v) is 5.72. The van der Waals surface area contributed by atoms with Crippen molar-refractivity contribution in [1.82, 2.24) is 0 Å². The Morgan fingerprint density at radius 3 is 2.33 bits per heavy atom. The average molecular weight is 240 g/mol. The lowest BCUT2D eigenvalue weighted by molar-refractivity contribution is 0.0343. The van der Waals surface area contributed by atoms with Crippen LogP contribution in [0.4, 0.5) is 0 Å². The van der Waals surface area contributed by atoms with Gasteiger partial charge in [-0.25, -0.2) is 0 Å². The maximum Gasteiger partial charge on any atom is 0.493 e. The summed E-state index contributed by atoms with van der Waals surface area (Å²) in [5, 5.41) is 2.48. The van der Waals surface area contributed by atoms with Gasteiger partial charge in [-0.2, -0.15) is 0 Å². The summed E-state index contributed by atoms with van der Waals surface area (Å²) < 4.78 is 11.6. The average Bonchev–Trinajstić information content (AvgIpc) is 2.38. The Balaban J connectivity index is 1.87. The zero-order chi connectivity index (χ0) is 12.6. The zero-order valence-corrected chi connectivity index (χ0v) is 10.8. The number of hydrogen-bond acceptors (Lipinski definition) is 2. The van der Waals surface area contributed by atoms with E-state index in [2.05, 4.69) is 56.3 Å². The van der Waals surface area contributed by atoms with Crippen molar-refractivity contribution in [3.8, 4) is 0 Å². The molecule has 2 nitrogen and oxygen atoms in total. The van der Waals surface area contributed by atoms with Crippen molar-refractivity contribution in [3.63, 3.8) is 0 Å². The Kier molecular flexibility index (Phi) is 2.88. The van der Waals surface area contributed by atoms with Gasteiger partial charge in [0.15, 0.2) is 0 Å². The Morgan fingerprint density at radius 1 is 0.944 bits per heavy atom. The van der Waals surface area contributed by atoms with Gasteiger partial charge in [0, 0.05) is 18.6 Å². The molecule has 2 aromatic rings. The predicted octanol–water partition coefficient (Wildman–Crippen LogP) is 2.61. The van der Waals surface area contributed by atoms with E-state index >= 15 is 0 Å². The molecule has 0 saturated carbocycles. The maximum absolute atomic E-state index is 5.81. The summed E-state index contributed by atoms with van der Waals surface area (Å²) in [6, 6.07) is 14.7. The highest BCUT2D eigenvalue weighted by Gasteiger charge is 2.33. The van der Waals surface area contributed by atoms with Crippen LogP contribution < -0.4 is 5.46 Å². The molecule has 0 atom stereocenters. The Morgan fingerprint density at radius 2 is 1.61 bits per heavy atom. The van der Waals surface area contributed by atoms with Gasteiger partial charge in [-0.1, -0.05) is 56.3 Å². The Hall–Kier alpha value is -1.32. The lowest BCUT2D eigenvalue weighted by Gasteiger charge is -2.33. The second-order valence-electron chi connectivity index (χ2n) is 5.72. The predicted molar refractivity (Wildman–Crippen MR) is 75.0 cm³/mol. The minimum absolute atomic E-state index is 0.118. The van der Waals surface area contributed by atoms with Crippen LogP contribution in [0.15, 0.2) is 42.5 Å². The molecule has 1 aliphatic heterocycles. The lowest BCUT2D eigenvalue weighted by Crippen LogP contribution is -2.47. The van der Waals surface area contributed by atoms with E-state index in [4.69, 9.17) is 9.31 Å². The Labute approximate surface area is 108 Å². The molecule has 1 saturated heterocycles. The summed E-state index contributed by atoms with van der Waals surface area (Å²) in [5.41, 5.74) is 1.22. The molecule has 0 N–H and O–H groups in total. The quantitative estimate of drug-likeness (QED) is 0.713. The molecular weight excluding hydrogens is 223 g/mol. The van der Waals surface area contributed by atoms with E-state index in [1.165, 1.54) is 10.8 Å². The van der Waals surface area contributed by atoms with Crippen molar-refractivity contribution >= 4 is 23.4 Å². The third kappa shape index (κ3) is 2.29. The summed E-state index contributed by atoms with van der Waals surface area (Å²) in [6.45, 7) is 5.79. The molecule has 0 aromatic heterocycles. The largest absolute Gasteiger partial charge is 0.493 e. The van der Waals surface area contributed by atoms with E-state index in [9.17, 15) is 0 Å². The molecule has 1 aliphatic rings. The smallest absolute Gasteiger partial charge is 0.407 e. The highest BCUT2D eigenvalue weighted by molar-refractivity contribution is 6.61. The van der Waals surface area contributed by atoms with Crippen LogP contribution in [-0.4, -0.2) is 20.3 Å². The first-order chi connectivity index (χ1) is 8.64. The second kappa shape index (κ2) is 4.41. The molecule has 0 amide bonds. The first kappa shape index (κ1) is 11.8. The molecule has 1 fully saturated rings. The van der Waals surface area contributed by atoms with Crippen molar-refractivity contribution in [3.05, 3.63) is 42.5 Å². The highest BCUT2D eigenvalue weighted by Crippen LogP contribution is 2.22. The van der Waals surface area contributed by atoms with Gasteiger partial charge in [0.1, 0.15) is 0 Å². The van der Waals surface area contributed by atoms with Crippen LogP contribution >= 0.6 is 0 Å². The molecule has 0 radical (unpaired) electrons. The molecule has 2 aromatic carbocycles. The van der Waals surface area contributed by atoms with Crippen LogP contribution in [0.3, 0.4) is 0 Å². The zero-order valence-electron chi connectivity index (χ0n) is 10.8. The van der Waals surface area contributed by atoms with Crippen molar-refractivity contribution in [2.24, 2.45) is 5.41 Å². The number of hydrogen-bond donors (Lipinski definition) is 0. The number of benzene rings is 2. The fourth-order valence-electron chi connectivity index (χ4n) is 2.24. The van der Waals surface area contributed by atoms with Gasteiger partial charge in [0.2, 0.25) is 0 Å². The van der Waals surface area contributed by atoms with E-state index in [0.717, 1.165) is 18.7 Å². The van der Waals surface area contributed by atoms with E-state index in [1.807, 2.05) is 0 Å². The minimum atomic E-state index is -0.220. The highest BCUT2D eigenvalue weighted by atomic mass is 16.6. The fourth-order valence-corrected chi connectivity index (χ4v) is 2.24. The molecule has 0 spiro atoms. The summed E-state index contributed by atoms with van der Waals surface area (Å²) >= 11 is 0. The molecule has 0 bridgehead atoms. The third-order valence-corrected chi connectivity index (χ3v) is 3.30.